The fourth-order valence-corrected chi connectivity index (χ4v) is 3.16. The van der Waals surface area contributed by atoms with E-state index in [1.807, 2.05) is 6.92 Å². The molecule has 0 saturated heterocycles. The molecule has 1 saturated carbocycles. The van der Waals surface area contributed by atoms with Gasteiger partial charge in [0, 0.05) is 23.5 Å². The van der Waals surface area contributed by atoms with Crippen LogP contribution in [-0.2, 0) is 4.79 Å². The molecule has 1 aliphatic rings. The van der Waals surface area contributed by atoms with E-state index in [0.717, 1.165) is 25.7 Å². The van der Waals surface area contributed by atoms with Crippen LogP contribution < -0.4 is 15.4 Å². The van der Waals surface area contributed by atoms with E-state index in [1.165, 1.54) is 0 Å². The fourth-order valence-electron chi connectivity index (χ4n) is 2.99. The van der Waals surface area contributed by atoms with Gasteiger partial charge in [0.25, 0.3) is 0 Å². The van der Waals surface area contributed by atoms with Crippen LogP contribution in [0.1, 0.15) is 39.0 Å². The molecule has 2 rings (SSSR count). The standard InChI is InChI=1S/C17H25ClN2O3/c1-11(19-13-5-3-4-6-15(13)21)9-17(22)20-14-10-12(18)7-8-16(14)23-2/h7-8,10-11,13,15,19,21H,3-6,9H2,1-2H3,(H,20,22). The second-order valence-electron chi connectivity index (χ2n) is 6.12. The summed E-state index contributed by atoms with van der Waals surface area (Å²) in [7, 11) is 1.55. The minimum Gasteiger partial charge on any atom is -0.495 e. The number of carbonyl (C=O) groups is 1. The van der Waals surface area contributed by atoms with Crippen molar-refractivity contribution in [2.75, 3.05) is 12.4 Å². The Morgan fingerprint density at radius 1 is 1.43 bits per heavy atom. The number of halogens is 1. The summed E-state index contributed by atoms with van der Waals surface area (Å²) >= 11 is 5.96. The molecular weight excluding hydrogens is 316 g/mol. The average Bonchev–Trinajstić information content (AvgIpc) is 2.49. The molecule has 5 nitrogen and oxygen atoms in total. The summed E-state index contributed by atoms with van der Waals surface area (Å²) in [5, 5.41) is 16.7. The Hall–Kier alpha value is -1.30. The third-order valence-electron chi connectivity index (χ3n) is 4.16. The number of hydrogen-bond donors (Lipinski definition) is 3. The zero-order chi connectivity index (χ0) is 16.8. The molecule has 1 aliphatic carbocycles. The Balaban J connectivity index is 1.87. The van der Waals surface area contributed by atoms with Gasteiger partial charge in [0.1, 0.15) is 5.75 Å². The highest BCUT2D eigenvalue weighted by Crippen LogP contribution is 2.27. The first-order chi connectivity index (χ1) is 11.0. The number of aliphatic hydroxyl groups is 1. The Labute approximate surface area is 142 Å². The van der Waals surface area contributed by atoms with E-state index in [1.54, 1.807) is 25.3 Å². The summed E-state index contributed by atoms with van der Waals surface area (Å²) in [5.41, 5.74) is 0.565. The number of rotatable bonds is 6. The first kappa shape index (κ1) is 18.0. The minimum absolute atomic E-state index is 0.0158. The summed E-state index contributed by atoms with van der Waals surface area (Å²) in [5.74, 6) is 0.460. The van der Waals surface area contributed by atoms with Gasteiger partial charge in [0.2, 0.25) is 5.91 Å². The molecule has 3 unspecified atom stereocenters. The Morgan fingerprint density at radius 3 is 2.87 bits per heavy atom. The maximum Gasteiger partial charge on any atom is 0.226 e. The van der Waals surface area contributed by atoms with Crippen molar-refractivity contribution < 1.29 is 14.6 Å². The molecule has 1 amide bonds. The predicted molar refractivity (Wildman–Crippen MR) is 92.1 cm³/mol. The zero-order valence-electron chi connectivity index (χ0n) is 13.6. The zero-order valence-corrected chi connectivity index (χ0v) is 14.4. The number of hydrogen-bond acceptors (Lipinski definition) is 4. The third-order valence-corrected chi connectivity index (χ3v) is 4.39. The van der Waals surface area contributed by atoms with Gasteiger partial charge in [-0.15, -0.1) is 0 Å². The lowest BCUT2D eigenvalue weighted by molar-refractivity contribution is -0.116. The van der Waals surface area contributed by atoms with E-state index >= 15 is 0 Å². The molecular formula is C17H25ClN2O3. The number of ether oxygens (including phenoxy) is 1. The third kappa shape index (κ3) is 5.37. The molecule has 1 aromatic rings. The van der Waals surface area contributed by atoms with Crippen molar-refractivity contribution in [1.29, 1.82) is 0 Å². The molecule has 3 N–H and O–H groups in total. The van der Waals surface area contributed by atoms with Crippen LogP contribution in [0.15, 0.2) is 18.2 Å². The van der Waals surface area contributed by atoms with Crippen LogP contribution in [0.4, 0.5) is 5.69 Å². The summed E-state index contributed by atoms with van der Waals surface area (Å²) in [6.45, 7) is 1.95. The first-order valence-corrected chi connectivity index (χ1v) is 8.45. The topological polar surface area (TPSA) is 70.6 Å². The lowest BCUT2D eigenvalue weighted by Crippen LogP contribution is -2.47. The predicted octanol–water partition coefficient (Wildman–Crippen LogP) is 2.96. The number of anilines is 1. The van der Waals surface area contributed by atoms with Crippen molar-refractivity contribution in [1.82, 2.24) is 5.32 Å². The lowest BCUT2D eigenvalue weighted by Gasteiger charge is -2.31. The largest absolute Gasteiger partial charge is 0.495 e. The van der Waals surface area contributed by atoms with Gasteiger partial charge >= 0.3 is 0 Å². The molecule has 23 heavy (non-hydrogen) atoms. The van der Waals surface area contributed by atoms with Gasteiger partial charge in [0.15, 0.2) is 0 Å². The average molecular weight is 341 g/mol. The van der Waals surface area contributed by atoms with Gasteiger partial charge in [-0.3, -0.25) is 4.79 Å². The minimum atomic E-state index is -0.317. The van der Waals surface area contributed by atoms with Gasteiger partial charge in [-0.05, 0) is 38.0 Å². The summed E-state index contributed by atoms with van der Waals surface area (Å²) in [6, 6.07) is 5.16. The first-order valence-electron chi connectivity index (χ1n) is 8.07. The van der Waals surface area contributed by atoms with Crippen molar-refractivity contribution in [2.24, 2.45) is 0 Å². The molecule has 128 valence electrons. The van der Waals surface area contributed by atoms with Crippen molar-refractivity contribution >= 4 is 23.2 Å². The maximum absolute atomic E-state index is 12.2. The monoisotopic (exact) mass is 340 g/mol. The molecule has 0 aliphatic heterocycles. The molecule has 0 radical (unpaired) electrons. The Kier molecular flexibility index (Phi) is 6.69. The van der Waals surface area contributed by atoms with E-state index in [2.05, 4.69) is 10.6 Å². The molecule has 0 bridgehead atoms. The molecule has 1 fully saturated rings. The van der Waals surface area contributed by atoms with Gasteiger partial charge < -0.3 is 20.5 Å². The fraction of sp³-hybridized carbons (Fsp3) is 0.588. The van der Waals surface area contributed by atoms with Crippen molar-refractivity contribution in [3.05, 3.63) is 23.2 Å². The summed E-state index contributed by atoms with van der Waals surface area (Å²) < 4.78 is 5.22. The van der Waals surface area contributed by atoms with Crippen LogP contribution >= 0.6 is 11.6 Å². The lowest BCUT2D eigenvalue weighted by atomic mass is 9.92. The molecule has 1 aromatic carbocycles. The molecule has 0 spiro atoms. The highest BCUT2D eigenvalue weighted by Gasteiger charge is 2.24. The number of methoxy groups -OCH3 is 1. The smallest absolute Gasteiger partial charge is 0.226 e. The van der Waals surface area contributed by atoms with Gasteiger partial charge in [0.05, 0.1) is 18.9 Å². The van der Waals surface area contributed by atoms with Gasteiger partial charge in [-0.2, -0.15) is 0 Å². The summed E-state index contributed by atoms with van der Waals surface area (Å²) in [4.78, 5) is 12.2. The van der Waals surface area contributed by atoms with Crippen LogP contribution in [-0.4, -0.2) is 36.3 Å². The molecule has 0 heterocycles. The Morgan fingerprint density at radius 2 is 2.17 bits per heavy atom. The number of nitrogens with one attached hydrogen (secondary N) is 2. The molecule has 0 aromatic heterocycles. The highest BCUT2D eigenvalue weighted by molar-refractivity contribution is 6.31. The highest BCUT2D eigenvalue weighted by atomic mass is 35.5. The number of amides is 1. The van der Waals surface area contributed by atoms with E-state index in [4.69, 9.17) is 16.3 Å². The van der Waals surface area contributed by atoms with E-state index in [9.17, 15) is 9.90 Å². The van der Waals surface area contributed by atoms with Crippen LogP contribution in [0, 0.1) is 0 Å². The normalized spacial score (nSPS) is 22.4. The van der Waals surface area contributed by atoms with E-state index < -0.39 is 0 Å². The van der Waals surface area contributed by atoms with E-state index in [0.29, 0.717) is 22.9 Å². The van der Waals surface area contributed by atoms with Crippen molar-refractivity contribution in [3.63, 3.8) is 0 Å². The SMILES string of the molecule is COc1ccc(Cl)cc1NC(=O)CC(C)NC1CCCCC1O. The van der Waals surface area contributed by atoms with Crippen molar-refractivity contribution in [3.8, 4) is 5.75 Å². The molecule has 6 heteroatoms. The maximum atomic E-state index is 12.2. The summed E-state index contributed by atoms with van der Waals surface area (Å²) in [6.07, 6.45) is 3.97. The van der Waals surface area contributed by atoms with Crippen LogP contribution in [0.3, 0.4) is 0 Å². The number of carbonyl (C=O) groups excluding carboxylic acids is 1. The van der Waals surface area contributed by atoms with E-state index in [-0.39, 0.29) is 24.1 Å². The number of benzene rings is 1. The molecule has 3 atom stereocenters. The number of aliphatic hydroxyl groups excluding tert-OH is 1. The Bertz CT molecular complexity index is 539. The van der Waals surface area contributed by atoms with Crippen LogP contribution in [0.2, 0.25) is 5.02 Å². The second kappa shape index (κ2) is 8.52. The quantitative estimate of drug-likeness (QED) is 0.744. The van der Waals surface area contributed by atoms with Crippen LogP contribution in [0.5, 0.6) is 5.75 Å². The van der Waals surface area contributed by atoms with Gasteiger partial charge in [-0.25, -0.2) is 0 Å². The second-order valence-corrected chi connectivity index (χ2v) is 6.56. The van der Waals surface area contributed by atoms with Crippen molar-refractivity contribution in [2.45, 2.75) is 57.2 Å². The van der Waals surface area contributed by atoms with Crippen LogP contribution in [0.25, 0.3) is 0 Å². The van der Waals surface area contributed by atoms with Gasteiger partial charge in [-0.1, -0.05) is 24.4 Å².